The van der Waals surface area contributed by atoms with Gasteiger partial charge in [0.2, 0.25) is 0 Å². The molecule has 2 aromatic heterocycles. The number of aromatic nitrogens is 4. The number of anilines is 1. The fourth-order valence-corrected chi connectivity index (χ4v) is 7.61. The summed E-state index contributed by atoms with van der Waals surface area (Å²) in [5.41, 5.74) is 6.50. The van der Waals surface area contributed by atoms with Crippen LogP contribution in [0.3, 0.4) is 0 Å². The van der Waals surface area contributed by atoms with Crippen molar-refractivity contribution in [1.29, 1.82) is 0 Å². The summed E-state index contributed by atoms with van der Waals surface area (Å²) in [6.45, 7) is -6.05. The van der Waals surface area contributed by atoms with Crippen LogP contribution in [-0.4, -0.2) is 137 Å². The number of nitrogens with zero attached hydrogens (tertiary/aromatic N) is 4. The fourth-order valence-electron chi connectivity index (χ4n) is 4.51. The summed E-state index contributed by atoms with van der Waals surface area (Å²) >= 11 is 4.84. The monoisotopic (exact) mass is 663 g/mol. The lowest BCUT2D eigenvalue weighted by Crippen LogP contribution is -2.61. The van der Waals surface area contributed by atoms with Crippen LogP contribution in [0.25, 0.3) is 11.2 Å². The molecule has 4 rings (SSSR count). The molecule has 9 N–H and O–H groups in total. The van der Waals surface area contributed by atoms with Gasteiger partial charge in [-0.3, -0.25) is 9.09 Å². The van der Waals surface area contributed by atoms with Gasteiger partial charge in [-0.25, -0.2) is 23.8 Å². The topological polar surface area (TPSA) is 293 Å². The Labute approximate surface area is 242 Å². The van der Waals surface area contributed by atoms with Gasteiger partial charge >= 0.3 is 14.5 Å². The largest absolute Gasteiger partial charge is 0.481 e. The Morgan fingerprint density at radius 1 is 1.10 bits per heavy atom. The Morgan fingerprint density at radius 3 is 2.43 bits per heavy atom. The zero-order chi connectivity index (χ0) is 31.0. The number of hydrogen-bond donors (Lipinski definition) is 8. The quantitative estimate of drug-likeness (QED) is 0.104. The molecule has 2 aromatic rings. The first-order valence-electron chi connectivity index (χ1n) is 12.1. The van der Waals surface area contributed by atoms with Crippen molar-refractivity contribution < 1.29 is 72.2 Å². The first kappa shape index (κ1) is 33.6. The molecule has 0 bridgehead atoms. The number of hydrogen-bond acceptors (Lipinski definition) is 18. The van der Waals surface area contributed by atoms with E-state index in [1.165, 1.54) is 31.4 Å². The van der Waals surface area contributed by atoms with Crippen LogP contribution >= 0.6 is 14.5 Å². The van der Waals surface area contributed by atoms with E-state index in [4.69, 9.17) is 50.6 Å². The summed E-state index contributed by atoms with van der Waals surface area (Å²) in [6.07, 6.45) is -12.5. The van der Waals surface area contributed by atoms with Gasteiger partial charge in [-0.05, 0) is 11.8 Å². The SMILES string of the molecule is COC1C(COP(O)(=S)OP(=O)(O)OC2OC([C@H](O)CO)C(O)C(O)C2O)OC(n2cnc3c(N)ncnc32)C1OC. The summed E-state index contributed by atoms with van der Waals surface area (Å²) in [5.74, 6) is 0.139. The highest BCUT2D eigenvalue weighted by Gasteiger charge is 2.51. The number of nitrogens with two attached hydrogens (primary N) is 1. The molecule has 0 radical (unpaired) electrons. The highest BCUT2D eigenvalue weighted by atomic mass is 32.5. The van der Waals surface area contributed by atoms with Crippen LogP contribution in [0.4, 0.5) is 5.82 Å². The van der Waals surface area contributed by atoms with Crippen LogP contribution < -0.4 is 5.73 Å². The van der Waals surface area contributed by atoms with E-state index in [9.17, 15) is 34.8 Å². The molecule has 0 spiro atoms. The van der Waals surface area contributed by atoms with Gasteiger partial charge in [0.25, 0.3) is 0 Å². The third-order valence-electron chi connectivity index (χ3n) is 6.51. The number of methoxy groups -OCH3 is 2. The first-order valence-corrected chi connectivity index (χ1v) is 16.1. The lowest BCUT2D eigenvalue weighted by molar-refractivity contribution is -0.292. The number of rotatable bonds is 12. The minimum Gasteiger partial charge on any atom is -0.394 e. The van der Waals surface area contributed by atoms with Crippen molar-refractivity contribution in [3.8, 4) is 0 Å². The zero-order valence-corrected chi connectivity index (χ0v) is 24.5. The van der Waals surface area contributed by atoms with E-state index >= 15 is 0 Å². The molecule has 238 valence electrons. The molecule has 23 heteroatoms. The zero-order valence-electron chi connectivity index (χ0n) is 21.9. The Kier molecular flexibility index (Phi) is 10.7. The van der Waals surface area contributed by atoms with Gasteiger partial charge in [0, 0.05) is 14.2 Å². The predicted molar refractivity (Wildman–Crippen MR) is 139 cm³/mol. The van der Waals surface area contributed by atoms with E-state index in [1.807, 2.05) is 0 Å². The standard InChI is InChI=1S/C19H31N5O15P2S/c1-33-14-8(36-18(15(14)34-2)24-6-23-9-16(20)21-5-22-17(9)24)4-35-41(32,42)39-40(30,31)38-19-12(29)10(27)11(28)13(37-19)7(26)3-25/h5-8,10-15,18-19,25-29H,3-4H2,1-2H3,(H,30,31)(H,32,42)(H2,20,21,22)/t7-,8?,10?,11?,12?,13?,14?,15?,18?,19?,41?/m1/s1. The van der Waals surface area contributed by atoms with Crippen LogP contribution in [0.1, 0.15) is 6.23 Å². The average Bonchev–Trinajstić information content (AvgIpc) is 3.52. The molecule has 0 aliphatic carbocycles. The highest BCUT2D eigenvalue weighted by molar-refractivity contribution is 8.08. The minimum atomic E-state index is -5.40. The third-order valence-corrected chi connectivity index (χ3v) is 10.0. The number of aliphatic hydroxyl groups excluding tert-OH is 5. The molecule has 2 aliphatic rings. The Hall–Kier alpha value is -1.33. The number of fused-ring (bicyclic) bond motifs is 1. The maximum Gasteiger partial charge on any atom is 0.481 e. The molecule has 0 amide bonds. The lowest BCUT2D eigenvalue weighted by Gasteiger charge is -2.41. The summed E-state index contributed by atoms with van der Waals surface area (Å²) in [6, 6.07) is 0. The molecule has 11 unspecified atom stereocenters. The summed E-state index contributed by atoms with van der Waals surface area (Å²) in [5, 5.41) is 49.0. The van der Waals surface area contributed by atoms with Gasteiger partial charge in [0.15, 0.2) is 24.0 Å². The molecule has 0 saturated carbocycles. The van der Waals surface area contributed by atoms with E-state index in [0.717, 1.165) is 0 Å². The van der Waals surface area contributed by atoms with Crippen molar-refractivity contribution in [2.75, 3.05) is 33.2 Å². The van der Waals surface area contributed by atoms with Crippen molar-refractivity contribution in [1.82, 2.24) is 19.5 Å². The van der Waals surface area contributed by atoms with Crippen molar-refractivity contribution in [3.05, 3.63) is 12.7 Å². The number of nitrogen functional groups attached to an aromatic ring is 1. The molecular formula is C19H31N5O15P2S. The Morgan fingerprint density at radius 2 is 1.79 bits per heavy atom. The van der Waals surface area contributed by atoms with E-state index < -0.39 is 89.1 Å². The van der Waals surface area contributed by atoms with E-state index in [0.29, 0.717) is 11.2 Å². The Bertz CT molecular complexity index is 1330. The van der Waals surface area contributed by atoms with Crippen molar-refractivity contribution in [3.63, 3.8) is 0 Å². The van der Waals surface area contributed by atoms with E-state index in [2.05, 4.69) is 19.3 Å². The number of aliphatic hydroxyl groups is 5. The summed E-state index contributed by atoms with van der Waals surface area (Å²) < 4.78 is 50.9. The molecule has 0 aromatic carbocycles. The van der Waals surface area contributed by atoms with Crippen molar-refractivity contribution in [2.24, 2.45) is 0 Å². The van der Waals surface area contributed by atoms with Gasteiger partial charge in [-0.1, -0.05) is 0 Å². The van der Waals surface area contributed by atoms with Crippen LogP contribution in [0.15, 0.2) is 12.7 Å². The van der Waals surface area contributed by atoms with E-state index in [-0.39, 0.29) is 5.82 Å². The molecule has 2 fully saturated rings. The second-order valence-corrected chi connectivity index (χ2v) is 13.5. The Balaban J connectivity index is 1.43. The maximum absolute atomic E-state index is 12.6. The van der Waals surface area contributed by atoms with Crippen LogP contribution in [0.5, 0.6) is 0 Å². The third kappa shape index (κ3) is 6.98. The molecular weight excluding hydrogens is 632 g/mol. The van der Waals surface area contributed by atoms with Gasteiger partial charge < -0.3 is 64.5 Å². The molecule has 12 atom stereocenters. The van der Waals surface area contributed by atoms with Gasteiger partial charge in [0.1, 0.15) is 60.7 Å². The normalized spacial score (nSPS) is 35.6. The van der Waals surface area contributed by atoms with E-state index in [1.54, 1.807) is 0 Å². The number of phosphoric acid groups is 1. The number of phosphoric ester groups is 1. The lowest BCUT2D eigenvalue weighted by atomic mass is 9.96. The van der Waals surface area contributed by atoms with Crippen LogP contribution in [0.2, 0.25) is 0 Å². The van der Waals surface area contributed by atoms with Gasteiger partial charge in [0.05, 0.1) is 19.5 Å². The second kappa shape index (κ2) is 13.3. The number of imidazole rings is 1. The molecule has 20 nitrogen and oxygen atoms in total. The fraction of sp³-hybridized carbons (Fsp3) is 0.737. The van der Waals surface area contributed by atoms with Crippen molar-refractivity contribution in [2.45, 2.75) is 61.3 Å². The number of ether oxygens (including phenoxy) is 4. The smallest absolute Gasteiger partial charge is 0.394 e. The van der Waals surface area contributed by atoms with Gasteiger partial charge in [-0.2, -0.15) is 0 Å². The van der Waals surface area contributed by atoms with Gasteiger partial charge in [-0.15, -0.1) is 0 Å². The summed E-state index contributed by atoms with van der Waals surface area (Å²) in [4.78, 5) is 33.0. The van der Waals surface area contributed by atoms with Crippen molar-refractivity contribution >= 4 is 43.3 Å². The highest BCUT2D eigenvalue weighted by Crippen LogP contribution is 2.61. The van der Waals surface area contributed by atoms with Crippen LogP contribution in [-0.2, 0) is 48.7 Å². The molecule has 4 heterocycles. The molecule has 42 heavy (non-hydrogen) atoms. The predicted octanol–water partition coefficient (Wildman–Crippen LogP) is -3.14. The summed E-state index contributed by atoms with van der Waals surface area (Å²) in [7, 11) is -2.64. The molecule has 2 aliphatic heterocycles. The second-order valence-electron chi connectivity index (χ2n) is 9.16. The average molecular weight is 663 g/mol. The minimum absolute atomic E-state index is 0.139. The first-order chi connectivity index (χ1) is 19.7. The molecule has 2 saturated heterocycles. The van der Waals surface area contributed by atoms with Crippen LogP contribution in [0, 0.1) is 0 Å². The maximum atomic E-state index is 12.6.